The fourth-order valence-electron chi connectivity index (χ4n) is 1.40. The number of likely N-dealkylation sites (N-methyl/N-ethyl adjacent to an activating group) is 1. The molecular weight excluding hydrogens is 279 g/mol. The van der Waals surface area contributed by atoms with E-state index in [2.05, 4.69) is 10.3 Å². The molecule has 4 nitrogen and oxygen atoms in total. The van der Waals surface area contributed by atoms with Crippen molar-refractivity contribution in [3.05, 3.63) is 11.1 Å². The predicted molar refractivity (Wildman–Crippen MR) is 68.3 cm³/mol. The summed E-state index contributed by atoms with van der Waals surface area (Å²) in [5.74, 6) is -0.236. The Hall–Kier alpha value is -1.31. The van der Waals surface area contributed by atoms with Gasteiger partial charge in [0.1, 0.15) is 4.88 Å². The van der Waals surface area contributed by atoms with E-state index in [1.54, 1.807) is 6.92 Å². The third kappa shape index (κ3) is 4.70. The third-order valence-electron chi connectivity index (χ3n) is 2.21. The maximum absolute atomic E-state index is 12.5. The first kappa shape index (κ1) is 15.7. The van der Waals surface area contributed by atoms with Gasteiger partial charge in [0.25, 0.3) is 0 Å². The van der Waals surface area contributed by atoms with Crippen molar-refractivity contribution in [1.29, 1.82) is 0 Å². The Morgan fingerprint density at radius 3 is 2.58 bits per heavy atom. The number of anilines is 1. The van der Waals surface area contributed by atoms with Gasteiger partial charge < -0.3 is 10.2 Å². The number of halogens is 3. The predicted octanol–water partition coefficient (Wildman–Crippen LogP) is 2.51. The molecule has 1 heterocycles. The van der Waals surface area contributed by atoms with Crippen LogP contribution in [0.2, 0.25) is 0 Å². The third-order valence-corrected chi connectivity index (χ3v) is 3.31. The van der Waals surface area contributed by atoms with Crippen molar-refractivity contribution in [2.45, 2.75) is 33.0 Å². The summed E-state index contributed by atoms with van der Waals surface area (Å²) in [4.78, 5) is 16.1. The average Bonchev–Trinajstić information content (AvgIpc) is 2.73. The van der Waals surface area contributed by atoms with Crippen LogP contribution >= 0.6 is 11.3 Å². The number of alkyl halides is 3. The summed E-state index contributed by atoms with van der Waals surface area (Å²) in [5.41, 5.74) is 0. The molecular formula is C11H16F3N3OS. The second-order valence-corrected chi connectivity index (χ2v) is 5.25. The monoisotopic (exact) mass is 295 g/mol. The number of carbonyl (C=O) groups is 1. The van der Waals surface area contributed by atoms with Crippen molar-refractivity contribution in [3.8, 4) is 0 Å². The molecule has 0 aliphatic carbocycles. The normalized spacial score (nSPS) is 11.7. The molecule has 1 rings (SSSR count). The summed E-state index contributed by atoms with van der Waals surface area (Å²) in [6.07, 6.45) is -3.60. The Morgan fingerprint density at radius 1 is 1.53 bits per heavy atom. The van der Waals surface area contributed by atoms with Crippen molar-refractivity contribution in [1.82, 2.24) is 10.3 Å². The summed E-state index contributed by atoms with van der Waals surface area (Å²) in [5, 5.41) is 2.89. The van der Waals surface area contributed by atoms with Crippen LogP contribution in [0.3, 0.4) is 0 Å². The highest BCUT2D eigenvalue weighted by molar-refractivity contribution is 7.15. The molecule has 1 aromatic rings. The number of carbonyl (C=O) groups excluding carboxylic acids is 1. The number of nitrogens with one attached hydrogen (secondary N) is 1. The van der Waals surface area contributed by atoms with Crippen LogP contribution in [0, 0.1) is 0 Å². The van der Waals surface area contributed by atoms with Gasteiger partial charge in [-0.15, -0.1) is 0 Å². The van der Waals surface area contributed by atoms with Crippen LogP contribution in [-0.2, 0) is 11.0 Å². The second kappa shape index (κ2) is 6.23. The van der Waals surface area contributed by atoms with E-state index in [0.717, 1.165) is 6.20 Å². The van der Waals surface area contributed by atoms with Crippen LogP contribution < -0.4 is 10.2 Å². The molecule has 0 aliphatic rings. The van der Waals surface area contributed by atoms with E-state index in [-0.39, 0.29) is 23.6 Å². The number of hydrogen-bond donors (Lipinski definition) is 1. The topological polar surface area (TPSA) is 45.2 Å². The van der Waals surface area contributed by atoms with Crippen LogP contribution in [0.1, 0.15) is 25.6 Å². The Balaban J connectivity index is 2.75. The number of aromatic nitrogens is 1. The van der Waals surface area contributed by atoms with E-state index >= 15 is 0 Å². The Morgan fingerprint density at radius 2 is 2.16 bits per heavy atom. The SMILES string of the molecule is CCN(CC(=O)NC(C)C)c1ncc(C(F)(F)F)s1. The zero-order valence-corrected chi connectivity index (χ0v) is 11.7. The van der Waals surface area contributed by atoms with Gasteiger partial charge in [-0.3, -0.25) is 4.79 Å². The summed E-state index contributed by atoms with van der Waals surface area (Å²) >= 11 is 0.543. The van der Waals surface area contributed by atoms with E-state index in [1.807, 2.05) is 13.8 Å². The highest BCUT2D eigenvalue weighted by atomic mass is 32.1. The van der Waals surface area contributed by atoms with Crippen molar-refractivity contribution < 1.29 is 18.0 Å². The summed E-state index contributed by atoms with van der Waals surface area (Å²) in [7, 11) is 0. The fraction of sp³-hybridized carbons (Fsp3) is 0.636. The molecule has 0 fully saturated rings. The quantitative estimate of drug-likeness (QED) is 0.908. The van der Waals surface area contributed by atoms with Gasteiger partial charge >= 0.3 is 6.18 Å². The highest BCUT2D eigenvalue weighted by Gasteiger charge is 2.34. The lowest BCUT2D eigenvalue weighted by molar-refractivity contribution is -0.134. The molecule has 0 aromatic carbocycles. The zero-order valence-electron chi connectivity index (χ0n) is 10.9. The molecule has 0 spiro atoms. The van der Waals surface area contributed by atoms with Crippen molar-refractivity contribution in [2.24, 2.45) is 0 Å². The van der Waals surface area contributed by atoms with E-state index in [4.69, 9.17) is 0 Å². The minimum Gasteiger partial charge on any atom is -0.352 e. The molecule has 0 aliphatic heterocycles. The molecule has 0 atom stereocenters. The number of nitrogens with zero attached hydrogens (tertiary/aromatic N) is 2. The maximum atomic E-state index is 12.5. The van der Waals surface area contributed by atoms with E-state index < -0.39 is 11.1 Å². The summed E-state index contributed by atoms with van der Waals surface area (Å²) < 4.78 is 37.4. The molecule has 1 amide bonds. The standard InChI is InChI=1S/C11H16F3N3OS/c1-4-17(6-9(18)16-7(2)3)10-15-5-8(19-10)11(12,13)14/h5,7H,4,6H2,1-3H3,(H,16,18). The molecule has 8 heteroatoms. The molecule has 108 valence electrons. The lowest BCUT2D eigenvalue weighted by Crippen LogP contribution is -2.40. The number of amides is 1. The van der Waals surface area contributed by atoms with Gasteiger partial charge in [-0.25, -0.2) is 4.98 Å². The van der Waals surface area contributed by atoms with Crippen LogP contribution in [0.5, 0.6) is 0 Å². The first-order chi connectivity index (χ1) is 8.74. The highest BCUT2D eigenvalue weighted by Crippen LogP contribution is 2.36. The van der Waals surface area contributed by atoms with Gasteiger partial charge in [0.15, 0.2) is 5.13 Å². The lowest BCUT2D eigenvalue weighted by atomic mass is 10.4. The molecule has 1 aromatic heterocycles. The van der Waals surface area contributed by atoms with Crippen LogP contribution in [-0.4, -0.2) is 30.0 Å². The minimum atomic E-state index is -4.39. The Labute approximate surface area is 113 Å². The molecule has 0 saturated heterocycles. The smallest absolute Gasteiger partial charge is 0.352 e. The fourth-order valence-corrected chi connectivity index (χ4v) is 2.24. The molecule has 0 saturated carbocycles. The van der Waals surface area contributed by atoms with Gasteiger partial charge in [0, 0.05) is 12.6 Å². The first-order valence-electron chi connectivity index (χ1n) is 5.81. The van der Waals surface area contributed by atoms with Gasteiger partial charge in [0.05, 0.1) is 12.7 Å². The first-order valence-corrected chi connectivity index (χ1v) is 6.63. The molecule has 1 N–H and O–H groups in total. The summed E-state index contributed by atoms with van der Waals surface area (Å²) in [6.45, 7) is 5.81. The number of thiazole rings is 1. The van der Waals surface area contributed by atoms with Crippen molar-refractivity contribution >= 4 is 22.4 Å². The average molecular weight is 295 g/mol. The van der Waals surface area contributed by atoms with E-state index in [9.17, 15) is 18.0 Å². The van der Waals surface area contributed by atoms with Crippen LogP contribution in [0.25, 0.3) is 0 Å². The summed E-state index contributed by atoms with van der Waals surface area (Å²) in [6, 6.07) is -0.00626. The Kier molecular flexibility index (Phi) is 5.16. The van der Waals surface area contributed by atoms with Gasteiger partial charge in [-0.05, 0) is 20.8 Å². The van der Waals surface area contributed by atoms with Crippen LogP contribution in [0.15, 0.2) is 6.20 Å². The van der Waals surface area contributed by atoms with E-state index in [0.29, 0.717) is 17.9 Å². The molecule has 0 radical (unpaired) electrons. The number of hydrogen-bond acceptors (Lipinski definition) is 4. The van der Waals surface area contributed by atoms with Gasteiger partial charge in [-0.2, -0.15) is 13.2 Å². The van der Waals surface area contributed by atoms with Gasteiger partial charge in [-0.1, -0.05) is 11.3 Å². The maximum Gasteiger partial charge on any atom is 0.427 e. The minimum absolute atomic E-state index is 0.000505. The molecule has 0 unspecified atom stereocenters. The molecule has 0 bridgehead atoms. The molecule has 19 heavy (non-hydrogen) atoms. The van der Waals surface area contributed by atoms with Crippen LogP contribution in [0.4, 0.5) is 18.3 Å². The zero-order chi connectivity index (χ0) is 14.6. The van der Waals surface area contributed by atoms with Crippen molar-refractivity contribution in [2.75, 3.05) is 18.0 Å². The second-order valence-electron chi connectivity index (χ2n) is 4.24. The number of rotatable bonds is 5. The van der Waals surface area contributed by atoms with E-state index in [1.165, 1.54) is 4.90 Å². The Bertz CT molecular complexity index is 431. The lowest BCUT2D eigenvalue weighted by Gasteiger charge is -2.20. The van der Waals surface area contributed by atoms with Crippen molar-refractivity contribution in [3.63, 3.8) is 0 Å². The van der Waals surface area contributed by atoms with Gasteiger partial charge in [0.2, 0.25) is 5.91 Å². The largest absolute Gasteiger partial charge is 0.427 e.